The van der Waals surface area contributed by atoms with Crippen molar-refractivity contribution < 1.29 is 4.74 Å². The van der Waals surface area contributed by atoms with Crippen LogP contribution in [-0.4, -0.2) is 7.11 Å². The van der Waals surface area contributed by atoms with E-state index >= 15 is 0 Å². The van der Waals surface area contributed by atoms with E-state index in [-0.39, 0.29) is 5.60 Å². The van der Waals surface area contributed by atoms with E-state index in [1.165, 1.54) is 5.56 Å². The van der Waals surface area contributed by atoms with Crippen LogP contribution < -0.4 is 5.73 Å². The Kier molecular flexibility index (Phi) is 3.07. The van der Waals surface area contributed by atoms with Crippen LogP contribution in [0.5, 0.6) is 0 Å². The smallest absolute Gasteiger partial charge is 0.0874 e. The molecule has 0 bridgehead atoms. The number of rotatable bonds is 3. The summed E-state index contributed by atoms with van der Waals surface area (Å²) in [4.78, 5) is 0. The van der Waals surface area contributed by atoms with Gasteiger partial charge in [0.15, 0.2) is 0 Å². The monoisotopic (exact) mass is 179 g/mol. The van der Waals surface area contributed by atoms with Gasteiger partial charge in [-0.05, 0) is 25.0 Å². The molecule has 0 unspecified atom stereocenters. The third-order valence-corrected chi connectivity index (χ3v) is 2.40. The van der Waals surface area contributed by atoms with Gasteiger partial charge in [-0.25, -0.2) is 0 Å². The van der Waals surface area contributed by atoms with Gasteiger partial charge in [0.25, 0.3) is 0 Å². The summed E-state index contributed by atoms with van der Waals surface area (Å²) in [5, 5.41) is 0. The Bertz CT molecular complexity index is 281. The van der Waals surface area contributed by atoms with E-state index in [9.17, 15) is 0 Å². The molecule has 0 saturated carbocycles. The first-order valence-corrected chi connectivity index (χ1v) is 4.45. The quantitative estimate of drug-likeness (QED) is 0.770. The normalized spacial score (nSPS) is 11.7. The molecule has 0 saturated heterocycles. The minimum Gasteiger partial charge on any atom is -0.374 e. The lowest BCUT2D eigenvalue weighted by Crippen LogP contribution is -2.22. The van der Waals surface area contributed by atoms with E-state index in [0.717, 1.165) is 5.56 Å². The highest BCUT2D eigenvalue weighted by Gasteiger charge is 2.21. The summed E-state index contributed by atoms with van der Waals surface area (Å²) in [5.41, 5.74) is 7.71. The maximum atomic E-state index is 5.65. The van der Waals surface area contributed by atoms with Crippen LogP contribution >= 0.6 is 0 Å². The van der Waals surface area contributed by atoms with Crippen molar-refractivity contribution in [2.75, 3.05) is 7.11 Å². The number of hydrogen-bond donors (Lipinski definition) is 1. The van der Waals surface area contributed by atoms with Gasteiger partial charge in [-0.15, -0.1) is 0 Å². The van der Waals surface area contributed by atoms with E-state index in [1.807, 2.05) is 32.0 Å². The van der Waals surface area contributed by atoms with E-state index in [2.05, 4.69) is 6.07 Å². The Labute approximate surface area is 79.7 Å². The van der Waals surface area contributed by atoms with Crippen molar-refractivity contribution in [3.63, 3.8) is 0 Å². The van der Waals surface area contributed by atoms with Gasteiger partial charge < -0.3 is 10.5 Å². The van der Waals surface area contributed by atoms with Gasteiger partial charge in [-0.2, -0.15) is 0 Å². The lowest BCUT2D eigenvalue weighted by molar-refractivity contribution is 0.0185. The first kappa shape index (κ1) is 10.2. The highest BCUT2D eigenvalue weighted by molar-refractivity contribution is 5.31. The Balaban J connectivity index is 3.12. The second-order valence-electron chi connectivity index (χ2n) is 3.58. The van der Waals surface area contributed by atoms with Gasteiger partial charge in [-0.1, -0.05) is 24.3 Å². The van der Waals surface area contributed by atoms with E-state index in [0.29, 0.717) is 6.54 Å². The maximum absolute atomic E-state index is 5.65. The van der Waals surface area contributed by atoms with Gasteiger partial charge in [0.2, 0.25) is 0 Å². The van der Waals surface area contributed by atoms with Crippen LogP contribution in [0, 0.1) is 0 Å². The minimum atomic E-state index is -0.254. The summed E-state index contributed by atoms with van der Waals surface area (Å²) in [6.07, 6.45) is 0. The van der Waals surface area contributed by atoms with Crippen molar-refractivity contribution in [1.82, 2.24) is 0 Å². The van der Waals surface area contributed by atoms with Crippen LogP contribution in [0.2, 0.25) is 0 Å². The molecule has 1 aromatic carbocycles. The molecule has 2 nitrogen and oxygen atoms in total. The van der Waals surface area contributed by atoms with Crippen molar-refractivity contribution in [1.29, 1.82) is 0 Å². The first-order chi connectivity index (χ1) is 6.11. The summed E-state index contributed by atoms with van der Waals surface area (Å²) < 4.78 is 5.41. The fourth-order valence-corrected chi connectivity index (χ4v) is 1.40. The molecule has 13 heavy (non-hydrogen) atoms. The van der Waals surface area contributed by atoms with E-state index in [4.69, 9.17) is 10.5 Å². The highest BCUT2D eigenvalue weighted by Crippen LogP contribution is 2.26. The first-order valence-electron chi connectivity index (χ1n) is 4.45. The Morgan fingerprint density at radius 3 is 2.46 bits per heavy atom. The van der Waals surface area contributed by atoms with Gasteiger partial charge in [-0.3, -0.25) is 0 Å². The number of hydrogen-bond acceptors (Lipinski definition) is 2. The molecule has 1 rings (SSSR count). The zero-order valence-electron chi connectivity index (χ0n) is 8.50. The standard InChI is InChI=1S/C11H17NO/c1-11(2,13-3)10-7-5-4-6-9(10)8-12/h4-7H,8,12H2,1-3H3. The van der Waals surface area contributed by atoms with Crippen LogP contribution in [0.1, 0.15) is 25.0 Å². The van der Waals surface area contributed by atoms with Crippen molar-refractivity contribution in [3.05, 3.63) is 35.4 Å². The Hall–Kier alpha value is -0.860. The molecule has 2 heteroatoms. The predicted molar refractivity (Wildman–Crippen MR) is 54.4 cm³/mol. The molecule has 0 atom stereocenters. The molecule has 0 amide bonds. The number of methoxy groups -OCH3 is 1. The van der Waals surface area contributed by atoms with Crippen LogP contribution in [-0.2, 0) is 16.9 Å². The van der Waals surface area contributed by atoms with Crippen LogP contribution in [0.3, 0.4) is 0 Å². The molecule has 1 aromatic rings. The molecular weight excluding hydrogens is 162 g/mol. The summed E-state index contributed by atoms with van der Waals surface area (Å²) in [6, 6.07) is 8.11. The lowest BCUT2D eigenvalue weighted by atomic mass is 9.93. The Morgan fingerprint density at radius 1 is 1.31 bits per heavy atom. The predicted octanol–water partition coefficient (Wildman–Crippen LogP) is 2.03. The molecule has 0 aromatic heterocycles. The second kappa shape index (κ2) is 3.90. The second-order valence-corrected chi connectivity index (χ2v) is 3.58. The molecule has 0 fully saturated rings. The van der Waals surface area contributed by atoms with Crippen LogP contribution in [0.25, 0.3) is 0 Å². The largest absolute Gasteiger partial charge is 0.374 e. The zero-order chi connectivity index (χ0) is 9.90. The molecular formula is C11H17NO. The van der Waals surface area contributed by atoms with Crippen molar-refractivity contribution >= 4 is 0 Å². The van der Waals surface area contributed by atoms with Gasteiger partial charge in [0.05, 0.1) is 5.60 Å². The van der Waals surface area contributed by atoms with E-state index in [1.54, 1.807) is 7.11 Å². The lowest BCUT2D eigenvalue weighted by Gasteiger charge is -2.25. The van der Waals surface area contributed by atoms with E-state index < -0.39 is 0 Å². The fraction of sp³-hybridized carbons (Fsp3) is 0.455. The average Bonchev–Trinajstić information content (AvgIpc) is 2.18. The fourth-order valence-electron chi connectivity index (χ4n) is 1.40. The molecule has 2 N–H and O–H groups in total. The van der Waals surface area contributed by atoms with Crippen LogP contribution in [0.15, 0.2) is 24.3 Å². The van der Waals surface area contributed by atoms with Crippen molar-refractivity contribution in [3.8, 4) is 0 Å². The van der Waals surface area contributed by atoms with Crippen molar-refractivity contribution in [2.24, 2.45) is 5.73 Å². The molecule has 0 spiro atoms. The minimum absolute atomic E-state index is 0.254. The summed E-state index contributed by atoms with van der Waals surface area (Å²) in [6.45, 7) is 4.64. The third-order valence-electron chi connectivity index (χ3n) is 2.40. The average molecular weight is 179 g/mol. The molecule has 0 radical (unpaired) electrons. The number of ether oxygens (including phenoxy) is 1. The van der Waals surface area contributed by atoms with Crippen molar-refractivity contribution in [2.45, 2.75) is 26.0 Å². The van der Waals surface area contributed by atoms with Gasteiger partial charge >= 0.3 is 0 Å². The van der Waals surface area contributed by atoms with Crippen LogP contribution in [0.4, 0.5) is 0 Å². The van der Waals surface area contributed by atoms with Gasteiger partial charge in [0, 0.05) is 13.7 Å². The molecule has 0 heterocycles. The number of nitrogens with two attached hydrogens (primary N) is 1. The van der Waals surface area contributed by atoms with Gasteiger partial charge in [0.1, 0.15) is 0 Å². The summed E-state index contributed by atoms with van der Waals surface area (Å²) >= 11 is 0. The molecule has 0 aliphatic rings. The third kappa shape index (κ3) is 2.08. The highest BCUT2D eigenvalue weighted by atomic mass is 16.5. The molecule has 0 aliphatic carbocycles. The zero-order valence-corrected chi connectivity index (χ0v) is 8.50. The summed E-state index contributed by atoms with van der Waals surface area (Å²) in [7, 11) is 1.72. The SMILES string of the molecule is COC(C)(C)c1ccccc1CN. The molecule has 0 aliphatic heterocycles. The Morgan fingerprint density at radius 2 is 1.92 bits per heavy atom. The number of benzene rings is 1. The molecule has 72 valence electrons. The summed E-state index contributed by atoms with van der Waals surface area (Å²) in [5.74, 6) is 0. The maximum Gasteiger partial charge on any atom is 0.0874 e. The topological polar surface area (TPSA) is 35.2 Å².